The van der Waals surface area contributed by atoms with Gasteiger partial charge in [-0.1, -0.05) is 5.16 Å². The number of amides is 2. The quantitative estimate of drug-likeness (QED) is 0.281. The highest BCUT2D eigenvalue weighted by Gasteiger charge is 2.07. The summed E-state index contributed by atoms with van der Waals surface area (Å²) in [6, 6.07) is 1.36. The van der Waals surface area contributed by atoms with Gasteiger partial charge in [-0.05, 0) is 0 Å². The van der Waals surface area contributed by atoms with Gasteiger partial charge >= 0.3 is 6.09 Å². The molecule has 0 spiro atoms. The molecule has 0 rings (SSSR count). The number of alkyl halides is 1. The maximum atomic E-state index is 10.7. The van der Waals surface area contributed by atoms with Crippen molar-refractivity contribution in [1.29, 1.82) is 5.26 Å². The van der Waals surface area contributed by atoms with Gasteiger partial charge in [0.15, 0.2) is 0 Å². The van der Waals surface area contributed by atoms with Crippen molar-refractivity contribution in [2.75, 3.05) is 12.4 Å². The van der Waals surface area contributed by atoms with Crippen LogP contribution in [0.5, 0.6) is 0 Å². The number of rotatable bonds is 4. The normalized spacial score (nSPS) is 10.1. The van der Waals surface area contributed by atoms with Crippen LogP contribution in [-0.4, -0.2) is 30.1 Å². The monoisotopic (exact) mass is 218 g/mol. The Bertz CT molecular complexity index is 296. The average Bonchev–Trinajstić information content (AvgIpc) is 2.15. The summed E-state index contributed by atoms with van der Waals surface area (Å²) in [5.74, 6) is -0.864. The topological polar surface area (TPSA) is 118 Å². The van der Waals surface area contributed by atoms with Crippen molar-refractivity contribution in [1.82, 2.24) is 5.32 Å². The Labute approximate surface area is 84.4 Å². The number of carbonyl (C=O) groups excluding carboxylic acids is 2. The van der Waals surface area contributed by atoms with E-state index in [1.54, 1.807) is 0 Å². The third-order valence-electron chi connectivity index (χ3n) is 0.923. The number of hydrogen-bond acceptors (Lipinski definition) is 5. The van der Waals surface area contributed by atoms with E-state index >= 15 is 0 Å². The van der Waals surface area contributed by atoms with Crippen LogP contribution in [-0.2, 0) is 9.63 Å². The van der Waals surface area contributed by atoms with Gasteiger partial charge in [0, 0.05) is 12.4 Å². The molecule has 0 bridgehead atoms. The van der Waals surface area contributed by atoms with Crippen LogP contribution in [0.25, 0.3) is 0 Å². The van der Waals surface area contributed by atoms with Gasteiger partial charge in [0.2, 0.25) is 5.71 Å². The predicted molar refractivity (Wildman–Crippen MR) is 47.4 cm³/mol. The van der Waals surface area contributed by atoms with Gasteiger partial charge in [0.25, 0.3) is 5.91 Å². The van der Waals surface area contributed by atoms with Gasteiger partial charge in [-0.25, -0.2) is 4.79 Å². The molecule has 0 aromatic rings. The molecule has 0 aliphatic heterocycles. The first kappa shape index (κ1) is 12.2. The van der Waals surface area contributed by atoms with E-state index in [4.69, 9.17) is 22.6 Å². The molecule has 8 heteroatoms. The maximum Gasteiger partial charge on any atom is 0.433 e. The van der Waals surface area contributed by atoms with E-state index in [1.807, 2.05) is 0 Å². The van der Waals surface area contributed by atoms with Crippen LogP contribution in [0.1, 0.15) is 0 Å². The highest BCUT2D eigenvalue weighted by atomic mass is 35.5. The first-order valence-electron chi connectivity index (χ1n) is 3.40. The third kappa shape index (κ3) is 4.95. The summed E-state index contributed by atoms with van der Waals surface area (Å²) in [4.78, 5) is 25.2. The van der Waals surface area contributed by atoms with E-state index in [-0.39, 0.29) is 12.4 Å². The summed E-state index contributed by atoms with van der Waals surface area (Å²) in [5, 5.41) is 13.4. The minimum Gasteiger partial charge on any atom is -0.364 e. The maximum absolute atomic E-state index is 10.7. The van der Waals surface area contributed by atoms with E-state index in [0.717, 1.165) is 0 Å². The highest BCUT2D eigenvalue weighted by molar-refractivity contribution is 6.44. The van der Waals surface area contributed by atoms with Crippen molar-refractivity contribution >= 4 is 29.3 Å². The zero-order chi connectivity index (χ0) is 11.0. The standard InChI is InChI=1S/C6H7ClN4O3/c7-1-2-10-6(13)14-11-4(3-8)5(9)12/h1-2H2,(H2,9,12)(H,10,13). The van der Waals surface area contributed by atoms with Crippen molar-refractivity contribution in [3.63, 3.8) is 0 Å². The number of oxime groups is 1. The Morgan fingerprint density at radius 2 is 2.29 bits per heavy atom. The number of nitrogens with one attached hydrogen (secondary N) is 1. The van der Waals surface area contributed by atoms with Crippen LogP contribution in [0.3, 0.4) is 0 Å². The number of primary amides is 1. The minimum absolute atomic E-state index is 0.189. The fourth-order valence-electron chi connectivity index (χ4n) is 0.389. The molecular formula is C6H7ClN4O3. The number of hydrogen-bond donors (Lipinski definition) is 2. The lowest BCUT2D eigenvalue weighted by Gasteiger charge is -1.98. The molecule has 2 amide bonds. The molecule has 0 saturated carbocycles. The largest absolute Gasteiger partial charge is 0.433 e. The molecule has 0 fully saturated rings. The summed E-state index contributed by atoms with van der Waals surface area (Å²) in [6.07, 6.45) is -0.917. The van der Waals surface area contributed by atoms with Crippen molar-refractivity contribution in [2.45, 2.75) is 0 Å². The van der Waals surface area contributed by atoms with Crippen molar-refractivity contribution < 1.29 is 14.4 Å². The van der Waals surface area contributed by atoms with E-state index in [2.05, 4.69) is 15.3 Å². The Hall–Kier alpha value is -1.81. The van der Waals surface area contributed by atoms with Crippen molar-refractivity contribution in [3.05, 3.63) is 0 Å². The molecule has 3 N–H and O–H groups in total. The molecule has 0 heterocycles. The van der Waals surface area contributed by atoms with E-state index in [0.29, 0.717) is 0 Å². The van der Waals surface area contributed by atoms with E-state index in [9.17, 15) is 9.59 Å². The van der Waals surface area contributed by atoms with Crippen molar-refractivity contribution in [3.8, 4) is 6.07 Å². The molecule has 7 nitrogen and oxygen atoms in total. The Balaban J connectivity index is 4.07. The van der Waals surface area contributed by atoms with E-state index < -0.39 is 17.7 Å². The molecule has 0 atom stereocenters. The Morgan fingerprint density at radius 3 is 2.71 bits per heavy atom. The summed E-state index contributed by atoms with van der Waals surface area (Å²) in [7, 11) is 0. The summed E-state index contributed by atoms with van der Waals surface area (Å²) in [5.41, 5.74) is 4.02. The number of carbonyl (C=O) groups is 2. The van der Waals surface area contributed by atoms with Crippen LogP contribution < -0.4 is 11.1 Å². The molecule has 76 valence electrons. The Kier molecular flexibility index (Phi) is 5.82. The predicted octanol–water partition coefficient (Wildman–Crippen LogP) is -0.684. The lowest BCUT2D eigenvalue weighted by atomic mass is 10.4. The number of halogens is 1. The first-order valence-corrected chi connectivity index (χ1v) is 3.94. The second kappa shape index (κ2) is 6.68. The second-order valence-electron chi connectivity index (χ2n) is 1.91. The van der Waals surface area contributed by atoms with Crippen LogP contribution >= 0.6 is 11.6 Å². The molecule has 0 aromatic heterocycles. The average molecular weight is 219 g/mol. The Morgan fingerprint density at radius 1 is 1.64 bits per heavy atom. The van der Waals surface area contributed by atoms with Gasteiger partial charge < -0.3 is 11.1 Å². The fourth-order valence-corrected chi connectivity index (χ4v) is 0.484. The number of nitriles is 1. The van der Waals surface area contributed by atoms with Crippen LogP contribution in [0, 0.1) is 11.3 Å². The van der Waals surface area contributed by atoms with Gasteiger partial charge in [-0.3, -0.25) is 9.63 Å². The second-order valence-corrected chi connectivity index (χ2v) is 2.29. The lowest BCUT2D eigenvalue weighted by molar-refractivity contribution is -0.112. The first-order chi connectivity index (χ1) is 6.61. The smallest absolute Gasteiger partial charge is 0.364 e. The molecule has 0 saturated heterocycles. The summed E-state index contributed by atoms with van der Waals surface area (Å²) >= 11 is 5.25. The van der Waals surface area contributed by atoms with Crippen LogP contribution in [0.2, 0.25) is 0 Å². The molecule has 0 unspecified atom stereocenters. The zero-order valence-electron chi connectivity index (χ0n) is 6.99. The van der Waals surface area contributed by atoms with Crippen LogP contribution in [0.4, 0.5) is 4.79 Å². The van der Waals surface area contributed by atoms with Gasteiger partial charge in [0.1, 0.15) is 6.07 Å². The molecule has 0 radical (unpaired) electrons. The minimum atomic E-state index is -1.07. The lowest BCUT2D eigenvalue weighted by Crippen LogP contribution is -2.27. The summed E-state index contributed by atoms with van der Waals surface area (Å²) < 4.78 is 0. The molecule has 0 aliphatic carbocycles. The van der Waals surface area contributed by atoms with E-state index in [1.165, 1.54) is 6.07 Å². The van der Waals surface area contributed by atoms with Crippen molar-refractivity contribution in [2.24, 2.45) is 10.9 Å². The third-order valence-corrected chi connectivity index (χ3v) is 1.11. The summed E-state index contributed by atoms with van der Waals surface area (Å²) in [6.45, 7) is 0.189. The fraction of sp³-hybridized carbons (Fsp3) is 0.333. The zero-order valence-corrected chi connectivity index (χ0v) is 7.74. The van der Waals surface area contributed by atoms with Gasteiger partial charge in [-0.2, -0.15) is 5.26 Å². The van der Waals surface area contributed by atoms with Crippen LogP contribution in [0.15, 0.2) is 5.16 Å². The SMILES string of the molecule is N#CC(=NOC(=O)NCCCl)C(N)=O. The van der Waals surface area contributed by atoms with Gasteiger partial charge in [-0.15, -0.1) is 11.6 Å². The molecule has 14 heavy (non-hydrogen) atoms. The van der Waals surface area contributed by atoms with Gasteiger partial charge in [0.05, 0.1) is 0 Å². The highest BCUT2D eigenvalue weighted by Crippen LogP contribution is 1.82. The molecule has 0 aromatic carbocycles. The molecule has 0 aliphatic rings. The molecular weight excluding hydrogens is 212 g/mol. The number of nitrogens with zero attached hydrogens (tertiary/aromatic N) is 2. The number of nitrogens with two attached hydrogens (primary N) is 1.